The summed E-state index contributed by atoms with van der Waals surface area (Å²) in [5, 5.41) is 16.1. The minimum atomic E-state index is 0.0861. The summed E-state index contributed by atoms with van der Waals surface area (Å²) in [5.41, 5.74) is 4.13. The largest absolute Gasteiger partial charge is 0.395 e. The van der Waals surface area contributed by atoms with E-state index in [1.165, 1.54) is 0 Å². The molecule has 4 aromatic rings. The Hall–Kier alpha value is -3.03. The highest BCUT2D eigenvalue weighted by Gasteiger charge is 2.07. The van der Waals surface area contributed by atoms with Gasteiger partial charge in [0.25, 0.3) is 0 Å². The molecule has 7 heteroatoms. The number of aliphatic hydroxyl groups is 1. The maximum atomic E-state index is 8.91. The summed E-state index contributed by atoms with van der Waals surface area (Å²) in [6.45, 7) is 0.588. The fraction of sp³-hybridized carbons (Fsp3) is 0.105. The van der Waals surface area contributed by atoms with Gasteiger partial charge in [0.15, 0.2) is 5.13 Å². The van der Waals surface area contributed by atoms with Gasteiger partial charge in [-0.25, -0.2) is 9.97 Å². The topological polar surface area (TPSA) is 83.0 Å². The molecule has 0 saturated carbocycles. The molecule has 0 fully saturated rings. The van der Waals surface area contributed by atoms with Gasteiger partial charge < -0.3 is 15.7 Å². The number of aromatic nitrogens is 3. The van der Waals surface area contributed by atoms with Crippen LogP contribution in [-0.4, -0.2) is 33.2 Å². The average Bonchev–Trinajstić information content (AvgIpc) is 3.08. The molecule has 0 spiro atoms. The number of nitrogens with one attached hydrogen (secondary N) is 2. The fourth-order valence-corrected chi connectivity index (χ4v) is 3.53. The van der Waals surface area contributed by atoms with E-state index >= 15 is 0 Å². The third-order valence-electron chi connectivity index (χ3n) is 3.84. The monoisotopic (exact) mass is 363 g/mol. The number of hydrogen-bond acceptors (Lipinski definition) is 7. The normalized spacial score (nSPS) is 10.8. The van der Waals surface area contributed by atoms with Gasteiger partial charge in [0.2, 0.25) is 0 Å². The third kappa shape index (κ3) is 3.63. The van der Waals surface area contributed by atoms with Crippen LogP contribution in [0.3, 0.4) is 0 Å². The first-order valence-electron chi connectivity index (χ1n) is 8.20. The smallest absolute Gasteiger partial charge is 0.189 e. The molecule has 3 aromatic heterocycles. The van der Waals surface area contributed by atoms with Crippen LogP contribution in [0.25, 0.3) is 21.3 Å². The Morgan fingerprint density at radius 1 is 0.962 bits per heavy atom. The lowest BCUT2D eigenvalue weighted by atomic mass is 10.1. The molecule has 3 heterocycles. The van der Waals surface area contributed by atoms with Crippen molar-refractivity contribution in [1.82, 2.24) is 15.0 Å². The quantitative estimate of drug-likeness (QED) is 0.482. The van der Waals surface area contributed by atoms with Gasteiger partial charge in [-0.1, -0.05) is 17.4 Å². The summed E-state index contributed by atoms with van der Waals surface area (Å²) in [6, 6.07) is 14.0. The van der Waals surface area contributed by atoms with Crippen molar-refractivity contribution in [1.29, 1.82) is 0 Å². The Morgan fingerprint density at radius 2 is 1.85 bits per heavy atom. The Balaban J connectivity index is 1.58. The second-order valence-electron chi connectivity index (χ2n) is 5.64. The van der Waals surface area contributed by atoms with E-state index in [0.29, 0.717) is 12.4 Å². The first-order valence-corrected chi connectivity index (χ1v) is 9.02. The van der Waals surface area contributed by atoms with Gasteiger partial charge in [0.1, 0.15) is 5.82 Å². The Bertz CT molecular complexity index is 1020. The van der Waals surface area contributed by atoms with Crippen molar-refractivity contribution in [2.45, 2.75) is 0 Å². The van der Waals surface area contributed by atoms with Crippen LogP contribution in [0.5, 0.6) is 0 Å². The minimum Gasteiger partial charge on any atom is -0.395 e. The van der Waals surface area contributed by atoms with E-state index in [4.69, 9.17) is 5.11 Å². The molecule has 0 amide bonds. The Kier molecular flexibility index (Phi) is 4.72. The highest BCUT2D eigenvalue weighted by atomic mass is 32.1. The molecule has 0 saturated heterocycles. The second kappa shape index (κ2) is 7.47. The molecule has 130 valence electrons. The van der Waals surface area contributed by atoms with Crippen molar-refractivity contribution in [2.75, 3.05) is 23.8 Å². The van der Waals surface area contributed by atoms with Crippen LogP contribution in [0.15, 0.2) is 61.1 Å². The second-order valence-corrected chi connectivity index (χ2v) is 6.67. The molecule has 0 aliphatic rings. The van der Waals surface area contributed by atoms with Crippen molar-refractivity contribution in [2.24, 2.45) is 0 Å². The van der Waals surface area contributed by atoms with Crippen LogP contribution >= 0.6 is 11.3 Å². The van der Waals surface area contributed by atoms with E-state index in [2.05, 4.69) is 37.7 Å². The maximum absolute atomic E-state index is 8.91. The SMILES string of the molecule is OCCNc1ccnc(Nc2nc3ccc(-c4ccncc4)cc3s2)c1. The van der Waals surface area contributed by atoms with E-state index in [9.17, 15) is 0 Å². The predicted molar refractivity (Wildman–Crippen MR) is 106 cm³/mol. The standard InChI is InChI=1S/C19H17N5OS/c25-10-9-21-15-5-8-22-18(12-15)24-19-23-16-2-1-14(11-17(16)26-19)13-3-6-20-7-4-13/h1-8,11-12,25H,9-10H2,(H2,21,22,23,24). The number of benzene rings is 1. The number of anilines is 3. The van der Waals surface area contributed by atoms with Crippen LogP contribution in [0.2, 0.25) is 0 Å². The molecule has 0 aliphatic heterocycles. The van der Waals surface area contributed by atoms with Crippen molar-refractivity contribution in [3.8, 4) is 11.1 Å². The van der Waals surface area contributed by atoms with E-state index in [-0.39, 0.29) is 6.61 Å². The van der Waals surface area contributed by atoms with Gasteiger partial charge in [0, 0.05) is 36.9 Å². The average molecular weight is 363 g/mol. The van der Waals surface area contributed by atoms with Gasteiger partial charge in [0.05, 0.1) is 16.8 Å². The third-order valence-corrected chi connectivity index (χ3v) is 4.77. The summed E-state index contributed by atoms with van der Waals surface area (Å²) in [7, 11) is 0. The number of nitrogens with zero attached hydrogens (tertiary/aromatic N) is 3. The van der Waals surface area contributed by atoms with Crippen molar-refractivity contribution < 1.29 is 5.11 Å². The van der Waals surface area contributed by atoms with Gasteiger partial charge in [-0.15, -0.1) is 0 Å². The minimum absolute atomic E-state index is 0.0861. The summed E-state index contributed by atoms with van der Waals surface area (Å²) < 4.78 is 1.11. The molecule has 0 atom stereocenters. The molecule has 0 unspecified atom stereocenters. The lowest BCUT2D eigenvalue weighted by Gasteiger charge is -2.06. The lowest BCUT2D eigenvalue weighted by molar-refractivity contribution is 0.311. The number of hydrogen-bond donors (Lipinski definition) is 3. The molecule has 26 heavy (non-hydrogen) atoms. The summed E-state index contributed by atoms with van der Waals surface area (Å²) in [4.78, 5) is 13.0. The molecule has 0 radical (unpaired) electrons. The lowest BCUT2D eigenvalue weighted by Crippen LogP contribution is -2.05. The molecule has 1 aromatic carbocycles. The molecular weight excluding hydrogens is 346 g/mol. The van der Waals surface area contributed by atoms with Gasteiger partial charge in [-0.2, -0.15) is 0 Å². The Labute approximate surface area is 154 Å². The highest BCUT2D eigenvalue weighted by Crippen LogP contribution is 2.31. The molecule has 4 rings (SSSR count). The number of pyridine rings is 2. The van der Waals surface area contributed by atoms with Gasteiger partial charge >= 0.3 is 0 Å². The van der Waals surface area contributed by atoms with E-state index < -0.39 is 0 Å². The number of thiazole rings is 1. The van der Waals surface area contributed by atoms with Crippen molar-refractivity contribution >= 4 is 38.2 Å². The van der Waals surface area contributed by atoms with Crippen molar-refractivity contribution in [3.05, 3.63) is 61.1 Å². The maximum Gasteiger partial charge on any atom is 0.189 e. The summed E-state index contributed by atoms with van der Waals surface area (Å²) in [6.07, 6.45) is 5.31. The van der Waals surface area contributed by atoms with E-state index in [1.807, 2.05) is 30.3 Å². The first-order chi connectivity index (χ1) is 12.8. The van der Waals surface area contributed by atoms with Gasteiger partial charge in [-0.3, -0.25) is 4.98 Å². The van der Waals surface area contributed by atoms with Crippen LogP contribution in [0, 0.1) is 0 Å². The Morgan fingerprint density at radius 3 is 2.69 bits per heavy atom. The van der Waals surface area contributed by atoms with Crippen molar-refractivity contribution in [3.63, 3.8) is 0 Å². The summed E-state index contributed by atoms with van der Waals surface area (Å²) in [5.74, 6) is 0.710. The predicted octanol–water partition coefficient (Wildman–Crippen LogP) is 3.90. The summed E-state index contributed by atoms with van der Waals surface area (Å²) >= 11 is 1.59. The first kappa shape index (κ1) is 16.4. The van der Waals surface area contributed by atoms with Gasteiger partial charge in [-0.05, 0) is 41.5 Å². The zero-order chi connectivity index (χ0) is 17.8. The van der Waals surface area contributed by atoms with E-state index in [0.717, 1.165) is 32.2 Å². The zero-order valence-corrected chi connectivity index (χ0v) is 14.7. The van der Waals surface area contributed by atoms with Crippen LogP contribution in [0.4, 0.5) is 16.6 Å². The molecule has 0 bridgehead atoms. The highest BCUT2D eigenvalue weighted by molar-refractivity contribution is 7.22. The molecular formula is C19H17N5OS. The number of fused-ring (bicyclic) bond motifs is 1. The number of aliphatic hydroxyl groups excluding tert-OH is 1. The molecule has 3 N–H and O–H groups in total. The molecule has 0 aliphatic carbocycles. The van der Waals surface area contributed by atoms with E-state index in [1.54, 1.807) is 29.9 Å². The number of rotatable bonds is 6. The van der Waals surface area contributed by atoms with Crippen LogP contribution in [0.1, 0.15) is 0 Å². The van der Waals surface area contributed by atoms with Crippen LogP contribution < -0.4 is 10.6 Å². The zero-order valence-electron chi connectivity index (χ0n) is 13.9. The van der Waals surface area contributed by atoms with Crippen LogP contribution in [-0.2, 0) is 0 Å². The molecule has 6 nitrogen and oxygen atoms in total. The fourth-order valence-electron chi connectivity index (χ4n) is 2.62.